The average Bonchev–Trinajstić information content (AvgIpc) is 2.55. The lowest BCUT2D eigenvalue weighted by atomic mass is 9.80. The number of hydrogen-bond acceptors (Lipinski definition) is 3. The highest BCUT2D eigenvalue weighted by Gasteiger charge is 2.28. The molecule has 0 spiro atoms. The highest BCUT2D eigenvalue weighted by Crippen LogP contribution is 2.27. The molecule has 0 aliphatic carbocycles. The SMILES string of the molecule is CCCC(CCC(N)=O)[C@H](C[C@@H](O)[CH]Cc1ccccc1)C(N)=O. The fraction of sp³-hybridized carbons (Fsp3) is 0.526. The van der Waals surface area contributed by atoms with Gasteiger partial charge in [-0.2, -0.15) is 0 Å². The fourth-order valence-corrected chi connectivity index (χ4v) is 3.03. The van der Waals surface area contributed by atoms with Gasteiger partial charge >= 0.3 is 0 Å². The maximum Gasteiger partial charge on any atom is 0.220 e. The van der Waals surface area contributed by atoms with Gasteiger partial charge < -0.3 is 16.6 Å². The monoisotopic (exact) mass is 333 g/mol. The number of carbonyl (C=O) groups is 2. The molecule has 24 heavy (non-hydrogen) atoms. The van der Waals surface area contributed by atoms with E-state index in [0.717, 1.165) is 18.4 Å². The number of aliphatic hydroxyl groups is 1. The summed E-state index contributed by atoms with van der Waals surface area (Å²) in [5.74, 6) is -1.29. The number of benzene rings is 1. The van der Waals surface area contributed by atoms with Gasteiger partial charge in [0, 0.05) is 12.3 Å². The van der Waals surface area contributed by atoms with E-state index in [-0.39, 0.29) is 24.7 Å². The number of hydrogen-bond donors (Lipinski definition) is 3. The second-order valence-electron chi connectivity index (χ2n) is 6.29. The van der Waals surface area contributed by atoms with Crippen molar-refractivity contribution in [3.63, 3.8) is 0 Å². The zero-order valence-electron chi connectivity index (χ0n) is 14.4. The van der Waals surface area contributed by atoms with Crippen molar-refractivity contribution in [2.75, 3.05) is 0 Å². The van der Waals surface area contributed by atoms with Crippen LogP contribution in [-0.2, 0) is 16.0 Å². The first kappa shape index (κ1) is 20.2. The van der Waals surface area contributed by atoms with Crippen LogP contribution in [-0.4, -0.2) is 23.0 Å². The molecule has 0 saturated carbocycles. The molecule has 5 N–H and O–H groups in total. The maximum atomic E-state index is 11.9. The topological polar surface area (TPSA) is 106 Å². The molecule has 1 rings (SSSR count). The quantitative estimate of drug-likeness (QED) is 0.544. The van der Waals surface area contributed by atoms with Gasteiger partial charge in [0.15, 0.2) is 0 Å². The van der Waals surface area contributed by atoms with Crippen molar-refractivity contribution in [1.82, 2.24) is 0 Å². The fourth-order valence-electron chi connectivity index (χ4n) is 3.03. The highest BCUT2D eigenvalue weighted by molar-refractivity contribution is 5.77. The summed E-state index contributed by atoms with van der Waals surface area (Å²) in [6.45, 7) is 2.02. The summed E-state index contributed by atoms with van der Waals surface area (Å²) in [5, 5.41) is 10.3. The predicted octanol–water partition coefficient (Wildman–Crippen LogP) is 1.97. The second kappa shape index (κ2) is 10.8. The Morgan fingerprint density at radius 2 is 1.83 bits per heavy atom. The molecule has 2 amide bonds. The predicted molar refractivity (Wildman–Crippen MR) is 94.6 cm³/mol. The molecule has 5 heteroatoms. The molecule has 1 unspecified atom stereocenters. The average molecular weight is 333 g/mol. The summed E-state index contributed by atoms with van der Waals surface area (Å²) in [6, 6.07) is 9.81. The van der Waals surface area contributed by atoms with Gasteiger partial charge in [-0.3, -0.25) is 9.59 Å². The summed E-state index contributed by atoms with van der Waals surface area (Å²) in [7, 11) is 0. The normalized spacial score (nSPS) is 14.8. The van der Waals surface area contributed by atoms with E-state index < -0.39 is 17.9 Å². The van der Waals surface area contributed by atoms with Gasteiger partial charge in [-0.15, -0.1) is 0 Å². The first-order valence-corrected chi connectivity index (χ1v) is 8.57. The summed E-state index contributed by atoms with van der Waals surface area (Å²) in [6.07, 6.45) is 4.43. The molecule has 0 fully saturated rings. The third-order valence-corrected chi connectivity index (χ3v) is 4.32. The van der Waals surface area contributed by atoms with Gasteiger partial charge in [0.2, 0.25) is 11.8 Å². The van der Waals surface area contributed by atoms with Crippen LogP contribution in [0.2, 0.25) is 0 Å². The first-order chi connectivity index (χ1) is 11.4. The van der Waals surface area contributed by atoms with Crippen molar-refractivity contribution in [2.24, 2.45) is 23.3 Å². The van der Waals surface area contributed by atoms with Gasteiger partial charge in [0.05, 0.1) is 6.10 Å². The van der Waals surface area contributed by atoms with Crippen LogP contribution >= 0.6 is 0 Å². The van der Waals surface area contributed by atoms with Crippen molar-refractivity contribution in [1.29, 1.82) is 0 Å². The van der Waals surface area contributed by atoms with Crippen LogP contribution in [0.25, 0.3) is 0 Å². The third-order valence-electron chi connectivity index (χ3n) is 4.32. The number of primary amides is 2. The third kappa shape index (κ3) is 7.59. The van der Waals surface area contributed by atoms with E-state index in [0.29, 0.717) is 12.8 Å². The minimum atomic E-state index is -0.712. The largest absolute Gasteiger partial charge is 0.393 e. The Bertz CT molecular complexity index is 505. The van der Waals surface area contributed by atoms with Crippen LogP contribution in [0.1, 0.15) is 44.6 Å². The van der Waals surface area contributed by atoms with Crippen LogP contribution in [0.5, 0.6) is 0 Å². The first-order valence-electron chi connectivity index (χ1n) is 8.57. The summed E-state index contributed by atoms with van der Waals surface area (Å²) in [4.78, 5) is 22.9. The number of nitrogens with two attached hydrogens (primary N) is 2. The zero-order valence-corrected chi connectivity index (χ0v) is 14.4. The molecule has 0 saturated heterocycles. The molecule has 3 atom stereocenters. The van der Waals surface area contributed by atoms with Crippen LogP contribution in [0.3, 0.4) is 0 Å². The number of rotatable bonds is 12. The van der Waals surface area contributed by atoms with Crippen LogP contribution in [0, 0.1) is 18.3 Å². The standard InChI is InChI=1S/C19H29N2O3/c1-2-6-15(10-12-18(20)23)17(19(21)24)13-16(22)11-9-14-7-4-3-5-8-14/h3-5,7-8,11,15-17,22H,2,6,9-10,12-13H2,1H3,(H2,20,23)(H2,21,24)/t15?,16-,17-/m0/s1. The summed E-state index contributed by atoms with van der Waals surface area (Å²) >= 11 is 0. The molecular weight excluding hydrogens is 304 g/mol. The second-order valence-corrected chi connectivity index (χ2v) is 6.29. The number of amides is 2. The Labute approximate surface area is 144 Å². The maximum absolute atomic E-state index is 11.9. The molecule has 133 valence electrons. The van der Waals surface area contributed by atoms with Crippen molar-refractivity contribution in [2.45, 2.75) is 51.6 Å². The molecule has 0 aliphatic rings. The van der Waals surface area contributed by atoms with E-state index in [2.05, 4.69) is 0 Å². The number of aliphatic hydroxyl groups excluding tert-OH is 1. The molecule has 0 bridgehead atoms. The van der Waals surface area contributed by atoms with Crippen molar-refractivity contribution < 1.29 is 14.7 Å². The molecule has 1 aromatic rings. The van der Waals surface area contributed by atoms with E-state index in [1.54, 1.807) is 6.42 Å². The molecule has 1 aromatic carbocycles. The van der Waals surface area contributed by atoms with Gasteiger partial charge in [-0.1, -0.05) is 43.7 Å². The molecular formula is C19H29N2O3. The summed E-state index contributed by atoms with van der Waals surface area (Å²) in [5.41, 5.74) is 11.9. The van der Waals surface area contributed by atoms with E-state index in [4.69, 9.17) is 11.5 Å². The lowest BCUT2D eigenvalue weighted by Crippen LogP contribution is -2.34. The van der Waals surface area contributed by atoms with Gasteiger partial charge in [-0.25, -0.2) is 0 Å². The summed E-state index contributed by atoms with van der Waals surface area (Å²) < 4.78 is 0. The Balaban J connectivity index is 2.61. The van der Waals surface area contributed by atoms with Crippen molar-refractivity contribution >= 4 is 11.8 Å². The molecule has 0 heterocycles. The molecule has 0 aliphatic heterocycles. The van der Waals surface area contributed by atoms with Crippen molar-refractivity contribution in [3.8, 4) is 0 Å². The van der Waals surface area contributed by atoms with E-state index >= 15 is 0 Å². The van der Waals surface area contributed by atoms with E-state index in [1.165, 1.54) is 0 Å². The van der Waals surface area contributed by atoms with Crippen LogP contribution in [0.15, 0.2) is 30.3 Å². The minimum absolute atomic E-state index is 0.0280. The Morgan fingerprint density at radius 1 is 1.17 bits per heavy atom. The van der Waals surface area contributed by atoms with E-state index in [1.807, 2.05) is 37.3 Å². The van der Waals surface area contributed by atoms with E-state index in [9.17, 15) is 14.7 Å². The molecule has 0 aromatic heterocycles. The van der Waals surface area contributed by atoms with Gasteiger partial charge in [0.1, 0.15) is 0 Å². The Kier molecular flexibility index (Phi) is 9.08. The van der Waals surface area contributed by atoms with Gasteiger partial charge in [-0.05, 0) is 43.6 Å². The minimum Gasteiger partial charge on any atom is -0.393 e. The van der Waals surface area contributed by atoms with Gasteiger partial charge in [0.25, 0.3) is 0 Å². The lowest BCUT2D eigenvalue weighted by Gasteiger charge is -2.26. The Hall–Kier alpha value is -1.88. The molecule has 1 radical (unpaired) electrons. The van der Waals surface area contributed by atoms with Crippen LogP contribution < -0.4 is 11.5 Å². The highest BCUT2D eigenvalue weighted by atomic mass is 16.3. The Morgan fingerprint density at radius 3 is 2.38 bits per heavy atom. The molecule has 5 nitrogen and oxygen atoms in total. The number of carbonyl (C=O) groups excluding carboxylic acids is 2. The van der Waals surface area contributed by atoms with Crippen molar-refractivity contribution in [3.05, 3.63) is 42.3 Å². The van der Waals surface area contributed by atoms with Crippen LogP contribution in [0.4, 0.5) is 0 Å². The zero-order chi connectivity index (χ0) is 17.9. The smallest absolute Gasteiger partial charge is 0.220 e. The lowest BCUT2D eigenvalue weighted by molar-refractivity contribution is -0.125.